The molecule has 3 heterocycles. The van der Waals surface area contributed by atoms with Crippen LogP contribution in [0.25, 0.3) is 20.3 Å². The van der Waals surface area contributed by atoms with E-state index in [-0.39, 0.29) is 5.91 Å². The number of benzene rings is 2. The molecule has 34 heavy (non-hydrogen) atoms. The van der Waals surface area contributed by atoms with E-state index in [1.165, 1.54) is 11.3 Å². The summed E-state index contributed by atoms with van der Waals surface area (Å²) in [7, 11) is 3.28. The van der Waals surface area contributed by atoms with Crippen LogP contribution in [0.1, 0.15) is 9.67 Å². The summed E-state index contributed by atoms with van der Waals surface area (Å²) in [6.07, 6.45) is 0. The number of ether oxygens (including phenoxy) is 2. The molecule has 0 spiro atoms. The van der Waals surface area contributed by atoms with Crippen molar-refractivity contribution >= 4 is 65.6 Å². The molecule has 1 fully saturated rings. The van der Waals surface area contributed by atoms with E-state index in [0.717, 1.165) is 58.2 Å². The molecule has 0 atom stereocenters. The Morgan fingerprint density at radius 1 is 1.06 bits per heavy atom. The van der Waals surface area contributed by atoms with Gasteiger partial charge in [0.15, 0.2) is 16.6 Å². The third-order valence-electron chi connectivity index (χ3n) is 5.99. The number of fused-ring (bicyclic) bond motifs is 2. The van der Waals surface area contributed by atoms with Crippen molar-refractivity contribution in [2.45, 2.75) is 0 Å². The molecule has 178 valence electrons. The average molecular weight is 517 g/mol. The lowest BCUT2D eigenvalue weighted by atomic mass is 10.2. The smallest absolute Gasteiger partial charge is 0.262 e. The van der Waals surface area contributed by atoms with Crippen molar-refractivity contribution in [1.82, 2.24) is 15.2 Å². The maximum Gasteiger partial charge on any atom is 0.262 e. The Labute approximate surface area is 210 Å². The third-order valence-corrected chi connectivity index (χ3v) is 8.74. The first-order chi connectivity index (χ1) is 16.6. The molecule has 1 amide bonds. The molecule has 4 aromatic rings. The molecule has 0 unspecified atom stereocenters. The summed E-state index contributed by atoms with van der Waals surface area (Å²) in [5.74, 6) is 1.26. The largest absolute Gasteiger partial charge is 0.493 e. The van der Waals surface area contributed by atoms with Crippen molar-refractivity contribution in [2.24, 2.45) is 0 Å². The maximum absolute atomic E-state index is 12.7. The lowest BCUT2D eigenvalue weighted by Crippen LogP contribution is -2.48. The topological polar surface area (TPSA) is 66.9 Å². The number of aromatic nitrogens is 1. The fourth-order valence-electron chi connectivity index (χ4n) is 4.16. The summed E-state index contributed by atoms with van der Waals surface area (Å²) in [5.41, 5.74) is 0.840. The molecule has 1 N–H and O–H groups in total. The number of piperazine rings is 1. The van der Waals surface area contributed by atoms with E-state index in [9.17, 15) is 4.79 Å². The van der Waals surface area contributed by atoms with Crippen LogP contribution in [0.3, 0.4) is 0 Å². The number of carbonyl (C=O) groups excluding carboxylic acids is 1. The predicted molar refractivity (Wildman–Crippen MR) is 141 cm³/mol. The van der Waals surface area contributed by atoms with Crippen molar-refractivity contribution in [3.63, 3.8) is 0 Å². The molecule has 0 bridgehead atoms. The number of methoxy groups -OCH3 is 2. The zero-order valence-corrected chi connectivity index (χ0v) is 21.4. The van der Waals surface area contributed by atoms with Gasteiger partial charge >= 0.3 is 0 Å². The van der Waals surface area contributed by atoms with Gasteiger partial charge in [0.05, 0.1) is 23.9 Å². The van der Waals surface area contributed by atoms with Crippen LogP contribution in [-0.2, 0) is 0 Å². The van der Waals surface area contributed by atoms with Crippen molar-refractivity contribution < 1.29 is 14.3 Å². The highest BCUT2D eigenvalue weighted by molar-refractivity contribution is 7.22. The number of nitrogens with zero attached hydrogens (tertiary/aromatic N) is 3. The van der Waals surface area contributed by atoms with Crippen molar-refractivity contribution in [2.75, 3.05) is 58.4 Å². The second kappa shape index (κ2) is 9.95. The molecule has 2 aromatic carbocycles. The number of halogens is 1. The molecule has 1 aliphatic rings. The Hall–Kier alpha value is -2.59. The van der Waals surface area contributed by atoms with Gasteiger partial charge in [0.25, 0.3) is 5.91 Å². The number of anilines is 1. The van der Waals surface area contributed by atoms with Gasteiger partial charge in [-0.15, -0.1) is 11.3 Å². The molecular formula is C24H25ClN4O3S2. The standard InChI is InChI=1S/C24H25ClN4O3S2/c1-31-16-7-8-18-20(21(16)32-2)27-24(34-18)29-13-11-28(12-14-29)10-9-26-23(30)22-19(25)15-5-3-4-6-17(15)33-22/h3-8H,9-14H2,1-2H3,(H,26,30). The predicted octanol–water partition coefficient (Wildman–Crippen LogP) is 4.73. The van der Waals surface area contributed by atoms with Gasteiger partial charge < -0.3 is 19.7 Å². The summed E-state index contributed by atoms with van der Waals surface area (Å²) in [5, 5.41) is 5.49. The Kier molecular flexibility index (Phi) is 6.78. The maximum atomic E-state index is 12.7. The minimum atomic E-state index is -0.108. The molecular weight excluding hydrogens is 492 g/mol. The van der Waals surface area contributed by atoms with Crippen LogP contribution in [0.2, 0.25) is 5.02 Å². The van der Waals surface area contributed by atoms with Crippen LogP contribution < -0.4 is 19.7 Å². The van der Waals surface area contributed by atoms with E-state index in [2.05, 4.69) is 15.1 Å². The molecule has 10 heteroatoms. The number of thiazole rings is 1. The molecule has 0 radical (unpaired) electrons. The van der Waals surface area contributed by atoms with Gasteiger partial charge in [-0.3, -0.25) is 9.69 Å². The van der Waals surface area contributed by atoms with E-state index in [4.69, 9.17) is 26.1 Å². The zero-order valence-electron chi connectivity index (χ0n) is 19.0. The van der Waals surface area contributed by atoms with E-state index >= 15 is 0 Å². The van der Waals surface area contributed by atoms with Gasteiger partial charge in [-0.1, -0.05) is 41.1 Å². The van der Waals surface area contributed by atoms with Gasteiger partial charge in [-0.05, 0) is 18.2 Å². The first kappa shape index (κ1) is 23.2. The highest BCUT2D eigenvalue weighted by Crippen LogP contribution is 2.40. The van der Waals surface area contributed by atoms with Crippen LogP contribution in [-0.4, -0.2) is 69.3 Å². The number of nitrogens with one attached hydrogen (secondary N) is 1. The Morgan fingerprint density at radius 2 is 1.85 bits per heavy atom. The first-order valence-electron chi connectivity index (χ1n) is 11.0. The molecule has 1 aliphatic heterocycles. The summed E-state index contributed by atoms with van der Waals surface area (Å²) in [6.45, 7) is 4.98. The second-order valence-electron chi connectivity index (χ2n) is 7.97. The Balaban J connectivity index is 1.15. The van der Waals surface area contributed by atoms with Crippen LogP contribution >= 0.6 is 34.3 Å². The Bertz CT molecular complexity index is 1330. The number of hydrogen-bond donors (Lipinski definition) is 1. The first-order valence-corrected chi connectivity index (χ1v) is 13.0. The van der Waals surface area contributed by atoms with E-state index in [1.54, 1.807) is 25.6 Å². The normalized spacial score (nSPS) is 14.6. The third kappa shape index (κ3) is 4.40. The summed E-state index contributed by atoms with van der Waals surface area (Å²) < 4.78 is 13.0. The summed E-state index contributed by atoms with van der Waals surface area (Å²) in [4.78, 5) is 22.7. The van der Waals surface area contributed by atoms with Crippen LogP contribution in [0.15, 0.2) is 36.4 Å². The van der Waals surface area contributed by atoms with Crippen molar-refractivity contribution in [3.8, 4) is 11.5 Å². The van der Waals surface area contributed by atoms with Crippen LogP contribution in [0.4, 0.5) is 5.13 Å². The minimum absolute atomic E-state index is 0.108. The van der Waals surface area contributed by atoms with Crippen molar-refractivity contribution in [3.05, 3.63) is 46.3 Å². The second-order valence-corrected chi connectivity index (χ2v) is 10.4. The van der Waals surface area contributed by atoms with E-state index in [0.29, 0.717) is 27.9 Å². The number of hydrogen-bond acceptors (Lipinski definition) is 8. The molecule has 2 aromatic heterocycles. The summed E-state index contributed by atoms with van der Waals surface area (Å²) in [6, 6.07) is 11.8. The highest BCUT2D eigenvalue weighted by Gasteiger charge is 2.22. The monoisotopic (exact) mass is 516 g/mol. The van der Waals surface area contributed by atoms with Gasteiger partial charge in [-0.25, -0.2) is 4.98 Å². The SMILES string of the molecule is COc1ccc2sc(N3CCN(CCNC(=O)c4sc5ccccc5c4Cl)CC3)nc2c1OC. The number of thiophene rings is 1. The van der Waals surface area contributed by atoms with Crippen LogP contribution in [0.5, 0.6) is 11.5 Å². The minimum Gasteiger partial charge on any atom is -0.493 e. The van der Waals surface area contributed by atoms with E-state index < -0.39 is 0 Å². The fraction of sp³-hybridized carbons (Fsp3) is 0.333. The quantitative estimate of drug-likeness (QED) is 0.383. The van der Waals surface area contributed by atoms with Gasteiger partial charge in [0.1, 0.15) is 10.4 Å². The average Bonchev–Trinajstić information content (AvgIpc) is 3.45. The van der Waals surface area contributed by atoms with Gasteiger partial charge in [0.2, 0.25) is 0 Å². The molecule has 5 rings (SSSR count). The fourth-order valence-corrected chi connectivity index (χ4v) is 6.61. The Morgan fingerprint density at radius 3 is 2.59 bits per heavy atom. The highest BCUT2D eigenvalue weighted by atomic mass is 35.5. The van der Waals surface area contributed by atoms with Gasteiger partial charge in [0, 0.05) is 49.4 Å². The molecule has 0 saturated carbocycles. The zero-order chi connectivity index (χ0) is 23.7. The summed E-state index contributed by atoms with van der Waals surface area (Å²) >= 11 is 9.54. The lowest BCUT2D eigenvalue weighted by molar-refractivity contribution is 0.0952. The molecule has 1 saturated heterocycles. The van der Waals surface area contributed by atoms with E-state index in [1.807, 2.05) is 36.4 Å². The number of amides is 1. The van der Waals surface area contributed by atoms with Gasteiger partial charge in [-0.2, -0.15) is 0 Å². The number of carbonyl (C=O) groups is 1. The van der Waals surface area contributed by atoms with Crippen molar-refractivity contribution in [1.29, 1.82) is 0 Å². The number of rotatable bonds is 7. The molecule has 7 nitrogen and oxygen atoms in total. The van der Waals surface area contributed by atoms with Crippen LogP contribution in [0, 0.1) is 0 Å². The lowest BCUT2D eigenvalue weighted by Gasteiger charge is -2.34. The molecule has 0 aliphatic carbocycles.